The normalized spacial score (nSPS) is 12.6. The van der Waals surface area contributed by atoms with Gasteiger partial charge < -0.3 is 10.2 Å². The molecule has 0 fully saturated rings. The predicted octanol–water partition coefficient (Wildman–Crippen LogP) is 2.25. The Morgan fingerprint density at radius 1 is 1.36 bits per heavy atom. The van der Waals surface area contributed by atoms with E-state index >= 15 is 0 Å². The highest BCUT2D eigenvalue weighted by atomic mass is 35.5. The molecule has 0 radical (unpaired) electrons. The summed E-state index contributed by atoms with van der Waals surface area (Å²) in [4.78, 5) is 10.4. The highest BCUT2D eigenvalue weighted by molar-refractivity contribution is 6.35. The first-order valence-electron chi connectivity index (χ1n) is 3.48. The first-order chi connectivity index (χ1) is 6.43. The minimum atomic E-state index is -1.85. The molecule has 0 saturated heterocycles. The molecule has 0 aliphatic carbocycles. The van der Waals surface area contributed by atoms with Gasteiger partial charge in [-0.25, -0.2) is 9.18 Å². The van der Waals surface area contributed by atoms with E-state index in [4.69, 9.17) is 33.4 Å². The molecule has 0 aromatic heterocycles. The molecule has 0 aliphatic heterocycles. The number of halogens is 3. The molecule has 3 nitrogen and oxygen atoms in total. The zero-order valence-electron chi connectivity index (χ0n) is 6.67. The third-order valence-electron chi connectivity index (χ3n) is 1.57. The lowest BCUT2D eigenvalue weighted by Crippen LogP contribution is -2.11. The molecule has 0 aliphatic rings. The third-order valence-corrected chi connectivity index (χ3v) is 2.19. The highest BCUT2D eigenvalue weighted by Crippen LogP contribution is 2.28. The van der Waals surface area contributed by atoms with Crippen molar-refractivity contribution >= 4 is 29.2 Å². The van der Waals surface area contributed by atoms with Crippen LogP contribution in [-0.2, 0) is 4.79 Å². The number of rotatable bonds is 2. The van der Waals surface area contributed by atoms with Crippen LogP contribution in [0, 0.1) is 5.82 Å². The molecule has 1 atom stereocenters. The van der Waals surface area contributed by atoms with Gasteiger partial charge in [-0.3, -0.25) is 0 Å². The van der Waals surface area contributed by atoms with Gasteiger partial charge in [0.05, 0.1) is 5.02 Å². The molecule has 0 amide bonds. The topological polar surface area (TPSA) is 57.5 Å². The van der Waals surface area contributed by atoms with E-state index in [1.54, 1.807) is 0 Å². The Labute approximate surface area is 88.7 Å². The molecule has 1 unspecified atom stereocenters. The third kappa shape index (κ3) is 2.15. The maximum absolute atomic E-state index is 12.9. The van der Waals surface area contributed by atoms with Gasteiger partial charge in [0.25, 0.3) is 0 Å². The first kappa shape index (κ1) is 11.2. The maximum atomic E-state index is 12.9. The summed E-state index contributed by atoms with van der Waals surface area (Å²) >= 11 is 10.9. The van der Waals surface area contributed by atoms with Crippen molar-refractivity contribution in [3.05, 3.63) is 33.6 Å². The Balaban J connectivity index is 3.22. The van der Waals surface area contributed by atoms with Crippen LogP contribution in [0.1, 0.15) is 11.7 Å². The maximum Gasteiger partial charge on any atom is 0.337 e. The number of hydrogen-bond acceptors (Lipinski definition) is 2. The highest BCUT2D eigenvalue weighted by Gasteiger charge is 2.20. The van der Waals surface area contributed by atoms with Crippen LogP contribution in [0.15, 0.2) is 12.1 Å². The second-order valence-corrected chi connectivity index (χ2v) is 3.34. The Hall–Kier alpha value is -0.840. The van der Waals surface area contributed by atoms with Gasteiger partial charge in [0.1, 0.15) is 5.82 Å². The van der Waals surface area contributed by atoms with Crippen LogP contribution in [0.25, 0.3) is 0 Å². The Kier molecular flexibility index (Phi) is 3.31. The van der Waals surface area contributed by atoms with E-state index in [-0.39, 0.29) is 15.6 Å². The van der Waals surface area contributed by atoms with Gasteiger partial charge in [0.15, 0.2) is 6.10 Å². The molecule has 1 aromatic carbocycles. The van der Waals surface area contributed by atoms with E-state index in [0.717, 1.165) is 12.1 Å². The van der Waals surface area contributed by atoms with Crippen molar-refractivity contribution in [2.24, 2.45) is 0 Å². The number of carboxylic acids is 1. The van der Waals surface area contributed by atoms with Gasteiger partial charge in [-0.2, -0.15) is 0 Å². The minimum absolute atomic E-state index is 0.0914. The first-order valence-corrected chi connectivity index (χ1v) is 4.24. The standard InChI is InChI=1S/C8H5Cl2FO3/c9-4-2-5(10)6(11)1-3(4)7(12)8(13)14/h1-2,7,12H,(H,13,14). The van der Waals surface area contributed by atoms with Crippen LogP contribution >= 0.6 is 23.2 Å². The van der Waals surface area contributed by atoms with Crippen molar-refractivity contribution in [1.82, 2.24) is 0 Å². The van der Waals surface area contributed by atoms with Gasteiger partial charge in [0.2, 0.25) is 0 Å². The molecule has 0 heterocycles. The van der Waals surface area contributed by atoms with Gasteiger partial charge in [-0.15, -0.1) is 0 Å². The van der Waals surface area contributed by atoms with Crippen LogP contribution < -0.4 is 0 Å². The van der Waals surface area contributed by atoms with Gasteiger partial charge in [0, 0.05) is 10.6 Å². The minimum Gasteiger partial charge on any atom is -0.479 e. The van der Waals surface area contributed by atoms with Crippen molar-refractivity contribution in [3.63, 3.8) is 0 Å². The number of carboxylic acid groups (broad SMARTS) is 1. The molecule has 1 aromatic rings. The Morgan fingerprint density at radius 2 is 1.93 bits per heavy atom. The van der Waals surface area contributed by atoms with Crippen LogP contribution in [0.2, 0.25) is 10.0 Å². The summed E-state index contributed by atoms with van der Waals surface area (Å²) < 4.78 is 12.9. The molecule has 0 bridgehead atoms. The smallest absolute Gasteiger partial charge is 0.337 e. The Bertz CT molecular complexity index is 381. The SMILES string of the molecule is O=C(O)C(O)c1cc(F)c(Cl)cc1Cl. The second-order valence-electron chi connectivity index (χ2n) is 2.53. The van der Waals surface area contributed by atoms with Gasteiger partial charge in [-0.05, 0) is 12.1 Å². The number of aliphatic hydroxyl groups is 1. The molecule has 76 valence electrons. The van der Waals surface area contributed by atoms with Crippen molar-refractivity contribution in [2.75, 3.05) is 0 Å². The van der Waals surface area contributed by atoms with Gasteiger partial charge in [-0.1, -0.05) is 23.2 Å². The lowest BCUT2D eigenvalue weighted by atomic mass is 10.1. The summed E-state index contributed by atoms with van der Waals surface area (Å²) in [6.45, 7) is 0. The summed E-state index contributed by atoms with van der Waals surface area (Å²) in [5.74, 6) is -2.33. The fourth-order valence-electron chi connectivity index (χ4n) is 0.881. The summed E-state index contributed by atoms with van der Waals surface area (Å²) in [6.07, 6.45) is -1.85. The molecule has 0 spiro atoms. The summed E-state index contributed by atoms with van der Waals surface area (Å²) in [6, 6.07) is 1.84. The number of aliphatic hydroxyl groups excluding tert-OH is 1. The molecular formula is C8H5Cl2FO3. The zero-order valence-corrected chi connectivity index (χ0v) is 8.18. The fraction of sp³-hybridized carbons (Fsp3) is 0.125. The monoisotopic (exact) mass is 238 g/mol. The summed E-state index contributed by atoms with van der Waals surface area (Å²) in [5.41, 5.74) is -0.221. The van der Waals surface area contributed by atoms with Crippen molar-refractivity contribution < 1.29 is 19.4 Å². The van der Waals surface area contributed by atoms with Crippen LogP contribution in [0.5, 0.6) is 0 Å². The average molecular weight is 239 g/mol. The average Bonchev–Trinajstić information content (AvgIpc) is 2.10. The summed E-state index contributed by atoms with van der Waals surface area (Å²) in [7, 11) is 0. The molecule has 2 N–H and O–H groups in total. The largest absolute Gasteiger partial charge is 0.479 e. The predicted molar refractivity (Wildman–Crippen MR) is 49.0 cm³/mol. The van der Waals surface area contributed by atoms with Crippen molar-refractivity contribution in [3.8, 4) is 0 Å². The van der Waals surface area contributed by atoms with Crippen LogP contribution in [-0.4, -0.2) is 16.2 Å². The molecule has 14 heavy (non-hydrogen) atoms. The quantitative estimate of drug-likeness (QED) is 0.778. The fourth-order valence-corrected chi connectivity index (χ4v) is 1.37. The van der Waals surface area contributed by atoms with E-state index in [2.05, 4.69) is 0 Å². The molecule has 1 rings (SSSR count). The van der Waals surface area contributed by atoms with E-state index in [1.165, 1.54) is 0 Å². The van der Waals surface area contributed by atoms with Gasteiger partial charge >= 0.3 is 5.97 Å². The molecular weight excluding hydrogens is 234 g/mol. The van der Waals surface area contributed by atoms with E-state index in [1.807, 2.05) is 0 Å². The lowest BCUT2D eigenvalue weighted by molar-refractivity contribution is -0.146. The number of benzene rings is 1. The number of carbonyl (C=O) groups is 1. The zero-order chi connectivity index (χ0) is 10.9. The molecule has 0 saturated carbocycles. The van der Waals surface area contributed by atoms with Crippen LogP contribution in [0.4, 0.5) is 4.39 Å². The number of aliphatic carboxylic acids is 1. The van der Waals surface area contributed by atoms with E-state index in [0.29, 0.717) is 0 Å². The van der Waals surface area contributed by atoms with E-state index in [9.17, 15) is 9.18 Å². The van der Waals surface area contributed by atoms with E-state index < -0.39 is 17.9 Å². The molecule has 6 heteroatoms. The van der Waals surface area contributed by atoms with Crippen molar-refractivity contribution in [2.45, 2.75) is 6.10 Å². The summed E-state index contributed by atoms with van der Waals surface area (Å²) in [5, 5.41) is 17.2. The Morgan fingerprint density at radius 3 is 2.43 bits per heavy atom. The second kappa shape index (κ2) is 4.13. The van der Waals surface area contributed by atoms with Crippen LogP contribution in [0.3, 0.4) is 0 Å². The number of hydrogen-bond donors (Lipinski definition) is 2. The van der Waals surface area contributed by atoms with Crippen molar-refractivity contribution in [1.29, 1.82) is 0 Å². The lowest BCUT2D eigenvalue weighted by Gasteiger charge is -2.08.